The van der Waals surface area contributed by atoms with Gasteiger partial charge in [0.1, 0.15) is 19.8 Å². The highest BCUT2D eigenvalue weighted by molar-refractivity contribution is 5.77. The summed E-state index contributed by atoms with van der Waals surface area (Å²) in [6.45, 7) is 7.62. The van der Waals surface area contributed by atoms with Crippen LogP contribution < -0.4 is 14.8 Å². The molecule has 0 radical (unpaired) electrons. The van der Waals surface area contributed by atoms with Gasteiger partial charge in [-0.3, -0.25) is 4.79 Å². The van der Waals surface area contributed by atoms with Crippen molar-refractivity contribution < 1.29 is 19.0 Å². The van der Waals surface area contributed by atoms with E-state index in [1.54, 1.807) is 0 Å². The van der Waals surface area contributed by atoms with Gasteiger partial charge < -0.3 is 19.5 Å². The molecule has 1 N–H and O–H groups in total. The van der Waals surface area contributed by atoms with E-state index < -0.39 is 0 Å². The fourth-order valence-corrected chi connectivity index (χ4v) is 1.92. The van der Waals surface area contributed by atoms with Crippen LogP contribution in [0.3, 0.4) is 0 Å². The van der Waals surface area contributed by atoms with Gasteiger partial charge in [-0.2, -0.15) is 0 Å². The minimum absolute atomic E-state index is 0.0879. The van der Waals surface area contributed by atoms with E-state index in [1.165, 1.54) is 0 Å². The number of benzene rings is 1. The van der Waals surface area contributed by atoms with Crippen molar-refractivity contribution in [1.29, 1.82) is 0 Å². The van der Waals surface area contributed by atoms with Crippen LogP contribution in [0.4, 0.5) is 0 Å². The van der Waals surface area contributed by atoms with Gasteiger partial charge in [-0.15, -0.1) is 0 Å². The Bertz CT molecular complexity index is 494. The van der Waals surface area contributed by atoms with Gasteiger partial charge in [0.15, 0.2) is 11.5 Å². The van der Waals surface area contributed by atoms with Crippen molar-refractivity contribution in [3.05, 3.63) is 23.8 Å². The Labute approximate surface area is 125 Å². The van der Waals surface area contributed by atoms with Gasteiger partial charge in [0.25, 0.3) is 0 Å². The summed E-state index contributed by atoms with van der Waals surface area (Å²) in [5.74, 6) is 1.47. The van der Waals surface area contributed by atoms with Crippen molar-refractivity contribution in [2.45, 2.75) is 32.8 Å². The number of carbonyl (C=O) groups is 1. The van der Waals surface area contributed by atoms with Crippen molar-refractivity contribution >= 4 is 5.91 Å². The lowest BCUT2D eigenvalue weighted by molar-refractivity contribution is -0.130. The normalized spacial score (nSPS) is 13.9. The van der Waals surface area contributed by atoms with E-state index in [0.29, 0.717) is 19.8 Å². The maximum absolute atomic E-state index is 11.6. The second kappa shape index (κ2) is 6.80. The first kappa shape index (κ1) is 15.6. The third-order valence-electron chi connectivity index (χ3n) is 2.98. The number of carbonyl (C=O) groups excluding carboxylic acids is 1. The van der Waals surface area contributed by atoms with Gasteiger partial charge in [-0.25, -0.2) is 0 Å². The van der Waals surface area contributed by atoms with Crippen LogP contribution in [0.25, 0.3) is 0 Å². The lowest BCUT2D eigenvalue weighted by Gasteiger charge is -2.19. The van der Waals surface area contributed by atoms with Gasteiger partial charge in [-0.05, 0) is 44.9 Å². The molecule has 1 heterocycles. The summed E-state index contributed by atoms with van der Waals surface area (Å²) in [5.41, 5.74) is 0.809. The molecule has 5 nitrogen and oxygen atoms in total. The van der Waals surface area contributed by atoms with Crippen molar-refractivity contribution in [3.63, 3.8) is 0 Å². The van der Waals surface area contributed by atoms with Crippen LogP contribution in [0.15, 0.2) is 18.2 Å². The minimum atomic E-state index is -0.298. The molecule has 1 amide bonds. The zero-order valence-corrected chi connectivity index (χ0v) is 12.9. The highest BCUT2D eigenvalue weighted by Crippen LogP contribution is 2.30. The Morgan fingerprint density at radius 3 is 2.67 bits per heavy atom. The topological polar surface area (TPSA) is 56.8 Å². The third kappa shape index (κ3) is 5.27. The molecular weight excluding hydrogens is 270 g/mol. The van der Waals surface area contributed by atoms with Crippen LogP contribution in [-0.4, -0.2) is 37.9 Å². The van der Waals surface area contributed by atoms with Crippen molar-refractivity contribution in [2.75, 3.05) is 26.4 Å². The van der Waals surface area contributed by atoms with Crippen molar-refractivity contribution in [3.8, 4) is 11.5 Å². The van der Waals surface area contributed by atoms with E-state index >= 15 is 0 Å². The molecule has 1 aliphatic heterocycles. The van der Waals surface area contributed by atoms with Gasteiger partial charge in [0.2, 0.25) is 5.91 Å². The molecule has 21 heavy (non-hydrogen) atoms. The Morgan fingerprint density at radius 2 is 1.95 bits per heavy atom. The lowest BCUT2D eigenvalue weighted by Crippen LogP contribution is -2.33. The fraction of sp³-hybridized carbons (Fsp3) is 0.562. The van der Waals surface area contributed by atoms with E-state index in [1.807, 2.05) is 39.0 Å². The summed E-state index contributed by atoms with van der Waals surface area (Å²) in [6, 6.07) is 5.87. The van der Waals surface area contributed by atoms with Crippen LogP contribution >= 0.6 is 0 Å². The van der Waals surface area contributed by atoms with Gasteiger partial charge in [0, 0.05) is 6.54 Å². The Balaban J connectivity index is 1.74. The average molecular weight is 293 g/mol. The average Bonchev–Trinajstić information content (AvgIpc) is 2.44. The quantitative estimate of drug-likeness (QED) is 0.901. The summed E-state index contributed by atoms with van der Waals surface area (Å²) < 4.78 is 16.4. The van der Waals surface area contributed by atoms with E-state index in [0.717, 1.165) is 23.5 Å². The molecule has 0 atom stereocenters. The highest BCUT2D eigenvalue weighted by Gasteiger charge is 2.13. The second-order valence-corrected chi connectivity index (χ2v) is 5.98. The number of rotatable bonds is 5. The molecule has 5 heteroatoms. The fourth-order valence-electron chi connectivity index (χ4n) is 1.92. The van der Waals surface area contributed by atoms with E-state index in [2.05, 4.69) is 5.32 Å². The van der Waals surface area contributed by atoms with E-state index in [4.69, 9.17) is 14.2 Å². The van der Waals surface area contributed by atoms with Crippen molar-refractivity contribution in [1.82, 2.24) is 5.32 Å². The standard InChI is InChI=1S/C16H23NO4/c1-16(2,3)21-11-15(18)17-7-6-12-4-5-13-14(10-12)20-9-8-19-13/h4-5,10H,6-9,11H2,1-3H3,(H,17,18). The first-order chi connectivity index (χ1) is 9.94. The molecule has 2 rings (SSSR count). The molecule has 0 unspecified atom stereocenters. The molecule has 1 aromatic rings. The second-order valence-electron chi connectivity index (χ2n) is 5.98. The molecule has 0 fully saturated rings. The summed E-state index contributed by atoms with van der Waals surface area (Å²) >= 11 is 0. The van der Waals surface area contributed by atoms with Crippen LogP contribution in [0.1, 0.15) is 26.3 Å². The highest BCUT2D eigenvalue weighted by atomic mass is 16.6. The van der Waals surface area contributed by atoms with Crippen LogP contribution in [0.2, 0.25) is 0 Å². The maximum atomic E-state index is 11.6. The largest absolute Gasteiger partial charge is 0.486 e. The predicted molar refractivity (Wildman–Crippen MR) is 79.9 cm³/mol. The van der Waals surface area contributed by atoms with Gasteiger partial charge in [-0.1, -0.05) is 6.07 Å². The van der Waals surface area contributed by atoms with Crippen LogP contribution in [-0.2, 0) is 16.0 Å². The number of fused-ring (bicyclic) bond motifs is 1. The third-order valence-corrected chi connectivity index (χ3v) is 2.98. The molecule has 0 aliphatic carbocycles. The summed E-state index contributed by atoms with van der Waals surface area (Å²) in [5, 5.41) is 2.85. The first-order valence-electron chi connectivity index (χ1n) is 7.23. The van der Waals surface area contributed by atoms with E-state index in [-0.39, 0.29) is 18.1 Å². The first-order valence-corrected chi connectivity index (χ1v) is 7.23. The zero-order valence-electron chi connectivity index (χ0n) is 12.9. The summed E-state index contributed by atoms with van der Waals surface area (Å²) in [7, 11) is 0. The van der Waals surface area contributed by atoms with Gasteiger partial charge in [0.05, 0.1) is 5.60 Å². The molecule has 1 aliphatic rings. The summed E-state index contributed by atoms with van der Waals surface area (Å²) in [6.07, 6.45) is 0.748. The lowest BCUT2D eigenvalue weighted by atomic mass is 10.1. The Kier molecular flexibility index (Phi) is 5.07. The van der Waals surface area contributed by atoms with Crippen LogP contribution in [0, 0.1) is 0 Å². The minimum Gasteiger partial charge on any atom is -0.486 e. The number of nitrogens with one attached hydrogen (secondary N) is 1. The maximum Gasteiger partial charge on any atom is 0.246 e. The molecule has 0 bridgehead atoms. The molecule has 0 aromatic heterocycles. The molecule has 0 spiro atoms. The monoisotopic (exact) mass is 293 g/mol. The Morgan fingerprint density at radius 1 is 1.24 bits per heavy atom. The van der Waals surface area contributed by atoms with E-state index in [9.17, 15) is 4.79 Å². The Hall–Kier alpha value is -1.75. The molecule has 0 saturated carbocycles. The van der Waals surface area contributed by atoms with Gasteiger partial charge >= 0.3 is 0 Å². The smallest absolute Gasteiger partial charge is 0.246 e. The molecule has 1 aromatic carbocycles. The van der Waals surface area contributed by atoms with Crippen molar-refractivity contribution in [2.24, 2.45) is 0 Å². The number of hydrogen-bond acceptors (Lipinski definition) is 4. The molecular formula is C16H23NO4. The number of amides is 1. The molecule has 116 valence electrons. The SMILES string of the molecule is CC(C)(C)OCC(=O)NCCc1ccc2c(c1)OCCO2. The number of hydrogen-bond donors (Lipinski definition) is 1. The number of ether oxygens (including phenoxy) is 3. The predicted octanol–water partition coefficient (Wildman–Crippen LogP) is 1.93. The van der Waals surface area contributed by atoms with Crippen LogP contribution in [0.5, 0.6) is 11.5 Å². The molecule has 0 saturated heterocycles. The zero-order chi connectivity index (χ0) is 15.3. The summed E-state index contributed by atoms with van der Waals surface area (Å²) in [4.78, 5) is 11.6.